The summed E-state index contributed by atoms with van der Waals surface area (Å²) in [5.74, 6) is -10.6. The van der Waals surface area contributed by atoms with Crippen LogP contribution >= 0.6 is 11.3 Å². The van der Waals surface area contributed by atoms with Gasteiger partial charge >= 0.3 is 0 Å². The van der Waals surface area contributed by atoms with Gasteiger partial charge in [-0.05, 0) is 18.9 Å². The van der Waals surface area contributed by atoms with Crippen molar-refractivity contribution in [1.82, 2.24) is 9.88 Å². The second-order valence-electron chi connectivity index (χ2n) is 8.24. The molecule has 1 fully saturated rings. The highest BCUT2D eigenvalue weighted by atomic mass is 32.1. The van der Waals surface area contributed by atoms with Crippen LogP contribution in [0.1, 0.15) is 55.8 Å². The lowest BCUT2D eigenvalue weighted by Crippen LogP contribution is -2.36. The zero-order valence-electron chi connectivity index (χ0n) is 16.7. The SMILES string of the molecule is CC(C)(C)c1csc(C2CCN(C(=O)/C=C/c3c(F)c(F)c(F)c(F)c3F)CC2)n1. The highest BCUT2D eigenvalue weighted by molar-refractivity contribution is 7.09. The summed E-state index contributed by atoms with van der Waals surface area (Å²) in [7, 11) is 0. The fraction of sp³-hybridized carbons (Fsp3) is 0.429. The summed E-state index contributed by atoms with van der Waals surface area (Å²) in [6.45, 7) is 7.09. The maximum absolute atomic E-state index is 13.7. The fourth-order valence-corrected chi connectivity index (χ4v) is 4.41. The standard InChI is InChI=1S/C21H21F5N2OS/c1-21(2,3)13-10-30-20(27-13)11-6-8-28(9-7-11)14(29)5-4-12-15(22)17(24)19(26)18(25)16(12)23/h4-5,10-11H,6-9H2,1-3H3/b5-4+. The summed E-state index contributed by atoms with van der Waals surface area (Å²) < 4.78 is 67.1. The molecule has 0 radical (unpaired) electrons. The number of aromatic nitrogens is 1. The van der Waals surface area contributed by atoms with E-state index in [1.807, 2.05) is 5.38 Å². The number of rotatable bonds is 3. The molecule has 1 aliphatic heterocycles. The zero-order valence-corrected chi connectivity index (χ0v) is 17.6. The number of hydrogen-bond donors (Lipinski definition) is 0. The summed E-state index contributed by atoms with van der Waals surface area (Å²) in [6, 6.07) is 0. The predicted octanol–water partition coefficient (Wildman–Crippen LogP) is 5.56. The van der Waals surface area contributed by atoms with Gasteiger partial charge in [-0.25, -0.2) is 26.9 Å². The van der Waals surface area contributed by atoms with Gasteiger partial charge in [0.05, 0.1) is 16.3 Å². The molecule has 0 bridgehead atoms. The summed E-state index contributed by atoms with van der Waals surface area (Å²) in [4.78, 5) is 18.5. The van der Waals surface area contributed by atoms with Gasteiger partial charge < -0.3 is 4.90 Å². The number of nitrogens with zero attached hydrogens (tertiary/aromatic N) is 2. The second kappa shape index (κ2) is 8.45. The van der Waals surface area contributed by atoms with E-state index in [2.05, 4.69) is 20.8 Å². The monoisotopic (exact) mass is 444 g/mol. The molecular weight excluding hydrogens is 423 g/mol. The maximum Gasteiger partial charge on any atom is 0.246 e. The molecule has 1 aromatic carbocycles. The van der Waals surface area contributed by atoms with Crippen LogP contribution in [-0.2, 0) is 10.2 Å². The smallest absolute Gasteiger partial charge is 0.246 e. The minimum absolute atomic E-state index is 0.0416. The van der Waals surface area contributed by atoms with Crippen LogP contribution in [0, 0.1) is 29.1 Å². The molecule has 2 aromatic rings. The number of amides is 1. The lowest BCUT2D eigenvalue weighted by atomic mass is 9.93. The predicted molar refractivity (Wildman–Crippen MR) is 105 cm³/mol. The summed E-state index contributed by atoms with van der Waals surface area (Å²) >= 11 is 1.59. The first kappa shape index (κ1) is 22.4. The molecular formula is C21H21F5N2OS. The molecule has 3 rings (SSSR count). The van der Waals surface area contributed by atoms with E-state index in [4.69, 9.17) is 4.98 Å². The molecule has 0 N–H and O–H groups in total. The summed E-state index contributed by atoms with van der Waals surface area (Å²) in [5.41, 5.74) is -0.154. The van der Waals surface area contributed by atoms with E-state index in [1.165, 1.54) is 4.90 Å². The third-order valence-electron chi connectivity index (χ3n) is 5.08. The Hall–Kier alpha value is -2.29. The Labute approximate surface area is 175 Å². The van der Waals surface area contributed by atoms with Crippen molar-refractivity contribution in [2.45, 2.75) is 44.9 Å². The largest absolute Gasteiger partial charge is 0.339 e. The van der Waals surface area contributed by atoms with E-state index in [-0.39, 0.29) is 11.3 Å². The minimum Gasteiger partial charge on any atom is -0.339 e. The number of halogens is 5. The second-order valence-corrected chi connectivity index (χ2v) is 9.13. The zero-order chi connectivity index (χ0) is 22.2. The lowest BCUT2D eigenvalue weighted by molar-refractivity contribution is -0.126. The van der Waals surface area contributed by atoms with Crippen LogP contribution in [0.4, 0.5) is 22.0 Å². The van der Waals surface area contributed by atoms with Gasteiger partial charge in [-0.1, -0.05) is 20.8 Å². The quantitative estimate of drug-likeness (QED) is 0.269. The Morgan fingerprint density at radius 3 is 2.07 bits per heavy atom. The van der Waals surface area contributed by atoms with Crippen molar-refractivity contribution >= 4 is 23.3 Å². The van der Waals surface area contributed by atoms with Crippen molar-refractivity contribution in [2.24, 2.45) is 0 Å². The maximum atomic E-state index is 13.7. The van der Waals surface area contributed by atoms with Crippen molar-refractivity contribution in [3.63, 3.8) is 0 Å². The molecule has 2 heterocycles. The highest BCUT2D eigenvalue weighted by Crippen LogP contribution is 2.33. The first-order valence-electron chi connectivity index (χ1n) is 9.45. The van der Waals surface area contributed by atoms with E-state index in [9.17, 15) is 26.7 Å². The summed E-state index contributed by atoms with van der Waals surface area (Å²) in [5, 5.41) is 3.06. The van der Waals surface area contributed by atoms with Gasteiger partial charge in [0.15, 0.2) is 23.3 Å². The van der Waals surface area contributed by atoms with Gasteiger partial charge in [0, 0.05) is 35.9 Å². The number of likely N-dealkylation sites (tertiary alicyclic amines) is 1. The molecule has 1 aromatic heterocycles. The van der Waals surface area contributed by atoms with Crippen molar-refractivity contribution in [3.8, 4) is 0 Å². The van der Waals surface area contributed by atoms with E-state index in [1.54, 1.807) is 11.3 Å². The van der Waals surface area contributed by atoms with Crippen LogP contribution in [-0.4, -0.2) is 28.9 Å². The molecule has 30 heavy (non-hydrogen) atoms. The van der Waals surface area contributed by atoms with Gasteiger partial charge in [0.1, 0.15) is 0 Å². The fourth-order valence-electron chi connectivity index (χ4n) is 3.19. The van der Waals surface area contributed by atoms with Crippen molar-refractivity contribution in [1.29, 1.82) is 0 Å². The van der Waals surface area contributed by atoms with E-state index < -0.39 is 40.6 Å². The van der Waals surface area contributed by atoms with Crippen LogP contribution < -0.4 is 0 Å². The van der Waals surface area contributed by atoms with Gasteiger partial charge in [-0.3, -0.25) is 4.79 Å². The van der Waals surface area contributed by atoms with Crippen LogP contribution in [0.25, 0.3) is 6.08 Å². The Bertz CT molecular complexity index is 959. The molecule has 0 spiro atoms. The average molecular weight is 444 g/mol. The number of piperidine rings is 1. The number of carbonyl (C=O) groups excluding carboxylic acids is 1. The lowest BCUT2D eigenvalue weighted by Gasteiger charge is -2.30. The van der Waals surface area contributed by atoms with Crippen LogP contribution in [0.3, 0.4) is 0 Å². The molecule has 0 atom stereocenters. The van der Waals surface area contributed by atoms with E-state index in [0.29, 0.717) is 32.0 Å². The normalized spacial score (nSPS) is 15.9. The molecule has 1 aliphatic rings. The minimum atomic E-state index is -2.23. The third kappa shape index (κ3) is 4.40. The Morgan fingerprint density at radius 2 is 1.57 bits per heavy atom. The van der Waals surface area contributed by atoms with Gasteiger partial charge in [-0.15, -0.1) is 11.3 Å². The molecule has 1 amide bonds. The molecule has 0 saturated carbocycles. The number of thiazole rings is 1. The van der Waals surface area contributed by atoms with Crippen LogP contribution in [0.5, 0.6) is 0 Å². The Balaban J connectivity index is 1.66. The van der Waals surface area contributed by atoms with Gasteiger partial charge in [-0.2, -0.15) is 0 Å². The number of carbonyl (C=O) groups is 1. The van der Waals surface area contributed by atoms with E-state index >= 15 is 0 Å². The topological polar surface area (TPSA) is 33.2 Å². The third-order valence-corrected chi connectivity index (χ3v) is 6.09. The molecule has 0 aliphatic carbocycles. The number of benzene rings is 1. The van der Waals surface area contributed by atoms with Crippen molar-refractivity contribution in [2.75, 3.05) is 13.1 Å². The van der Waals surface area contributed by atoms with Gasteiger partial charge in [0.2, 0.25) is 11.7 Å². The number of hydrogen-bond acceptors (Lipinski definition) is 3. The molecule has 3 nitrogen and oxygen atoms in total. The first-order chi connectivity index (χ1) is 14.0. The van der Waals surface area contributed by atoms with E-state index in [0.717, 1.165) is 16.8 Å². The average Bonchev–Trinajstić information content (AvgIpc) is 3.21. The van der Waals surface area contributed by atoms with Crippen molar-refractivity contribution < 1.29 is 26.7 Å². The highest BCUT2D eigenvalue weighted by Gasteiger charge is 2.27. The first-order valence-corrected chi connectivity index (χ1v) is 10.3. The summed E-state index contributed by atoms with van der Waals surface area (Å²) in [6.07, 6.45) is 2.82. The molecule has 162 valence electrons. The molecule has 1 saturated heterocycles. The van der Waals surface area contributed by atoms with Crippen LogP contribution in [0.2, 0.25) is 0 Å². The molecule has 9 heteroatoms. The Morgan fingerprint density at radius 1 is 1.03 bits per heavy atom. The van der Waals surface area contributed by atoms with Gasteiger partial charge in [0.25, 0.3) is 0 Å². The Kier molecular flexibility index (Phi) is 6.31. The van der Waals surface area contributed by atoms with Crippen LogP contribution in [0.15, 0.2) is 11.5 Å². The molecule has 0 unspecified atom stereocenters. The van der Waals surface area contributed by atoms with Crippen molar-refractivity contribution in [3.05, 3.63) is 56.8 Å².